The third kappa shape index (κ3) is 5.05. The molecule has 1 fully saturated rings. The smallest absolute Gasteiger partial charge is 0.194 e. The van der Waals surface area contributed by atoms with Gasteiger partial charge in [-0.3, -0.25) is 10.1 Å². The highest BCUT2D eigenvalue weighted by Crippen LogP contribution is 2.25. The Morgan fingerprint density at radius 2 is 1.97 bits per heavy atom. The van der Waals surface area contributed by atoms with Crippen molar-refractivity contribution in [2.45, 2.75) is 25.7 Å². The number of guanidine groups is 1. The lowest BCUT2D eigenvalue weighted by Crippen LogP contribution is -2.50. The SMILES string of the molecule is CN=C(NCc1nc(-c2ccc(OC)cc2)n[nH]1)N1CC(C)OC(c2ccc(F)cc2)C1. The van der Waals surface area contributed by atoms with Crippen molar-refractivity contribution in [3.05, 3.63) is 65.7 Å². The number of nitrogens with zero attached hydrogens (tertiary/aromatic N) is 4. The van der Waals surface area contributed by atoms with Crippen molar-refractivity contribution < 1.29 is 13.9 Å². The van der Waals surface area contributed by atoms with Gasteiger partial charge in [-0.25, -0.2) is 9.37 Å². The molecule has 1 aliphatic rings. The zero-order valence-electron chi connectivity index (χ0n) is 18.4. The fourth-order valence-electron chi connectivity index (χ4n) is 3.72. The van der Waals surface area contributed by atoms with Gasteiger partial charge in [-0.2, -0.15) is 5.10 Å². The molecule has 168 valence electrons. The topological polar surface area (TPSA) is 87.7 Å². The number of methoxy groups -OCH3 is 1. The maximum Gasteiger partial charge on any atom is 0.194 e. The molecule has 2 aromatic carbocycles. The molecule has 0 saturated carbocycles. The molecule has 0 spiro atoms. The van der Waals surface area contributed by atoms with Crippen LogP contribution in [0.3, 0.4) is 0 Å². The Balaban J connectivity index is 1.40. The third-order valence-electron chi connectivity index (χ3n) is 5.31. The number of ether oxygens (including phenoxy) is 2. The van der Waals surface area contributed by atoms with Crippen molar-refractivity contribution in [2.75, 3.05) is 27.2 Å². The van der Waals surface area contributed by atoms with E-state index in [4.69, 9.17) is 9.47 Å². The van der Waals surface area contributed by atoms with Crippen molar-refractivity contribution >= 4 is 5.96 Å². The Kier molecular flexibility index (Phi) is 6.65. The maximum atomic E-state index is 13.3. The quantitative estimate of drug-likeness (QED) is 0.470. The van der Waals surface area contributed by atoms with Crippen LogP contribution in [0.5, 0.6) is 5.75 Å². The predicted molar refractivity (Wildman–Crippen MR) is 120 cm³/mol. The minimum atomic E-state index is -0.256. The first kappa shape index (κ1) is 21.8. The van der Waals surface area contributed by atoms with Crippen LogP contribution in [0, 0.1) is 5.82 Å². The van der Waals surface area contributed by atoms with E-state index in [1.54, 1.807) is 26.3 Å². The second-order valence-corrected chi connectivity index (χ2v) is 7.63. The van der Waals surface area contributed by atoms with E-state index in [1.165, 1.54) is 12.1 Å². The first-order chi connectivity index (χ1) is 15.6. The third-order valence-corrected chi connectivity index (χ3v) is 5.31. The van der Waals surface area contributed by atoms with Crippen LogP contribution in [0.25, 0.3) is 11.4 Å². The second-order valence-electron chi connectivity index (χ2n) is 7.63. The monoisotopic (exact) mass is 438 g/mol. The van der Waals surface area contributed by atoms with Crippen LogP contribution in [-0.2, 0) is 11.3 Å². The highest BCUT2D eigenvalue weighted by atomic mass is 19.1. The zero-order chi connectivity index (χ0) is 22.5. The number of hydrogen-bond acceptors (Lipinski definition) is 5. The van der Waals surface area contributed by atoms with Gasteiger partial charge in [0, 0.05) is 19.2 Å². The van der Waals surface area contributed by atoms with Crippen LogP contribution < -0.4 is 10.1 Å². The summed E-state index contributed by atoms with van der Waals surface area (Å²) in [6.07, 6.45) is -0.158. The van der Waals surface area contributed by atoms with Gasteiger partial charge in [0.15, 0.2) is 11.8 Å². The number of aromatic nitrogens is 3. The molecule has 0 amide bonds. The highest BCUT2D eigenvalue weighted by molar-refractivity contribution is 5.80. The van der Waals surface area contributed by atoms with Gasteiger partial charge >= 0.3 is 0 Å². The number of halogens is 1. The van der Waals surface area contributed by atoms with Gasteiger partial charge in [0.25, 0.3) is 0 Å². The van der Waals surface area contributed by atoms with Crippen molar-refractivity contribution in [2.24, 2.45) is 4.99 Å². The van der Waals surface area contributed by atoms with Crippen LogP contribution in [0.1, 0.15) is 24.4 Å². The molecule has 3 aromatic rings. The zero-order valence-corrected chi connectivity index (χ0v) is 18.4. The maximum absolute atomic E-state index is 13.3. The summed E-state index contributed by atoms with van der Waals surface area (Å²) >= 11 is 0. The molecule has 0 radical (unpaired) electrons. The molecule has 2 N–H and O–H groups in total. The van der Waals surface area contributed by atoms with Gasteiger partial charge in [0.1, 0.15) is 23.5 Å². The van der Waals surface area contributed by atoms with E-state index < -0.39 is 0 Å². The van der Waals surface area contributed by atoms with Gasteiger partial charge in [0.2, 0.25) is 0 Å². The number of benzene rings is 2. The first-order valence-corrected chi connectivity index (χ1v) is 10.5. The van der Waals surface area contributed by atoms with Crippen LogP contribution in [-0.4, -0.2) is 59.4 Å². The summed E-state index contributed by atoms with van der Waals surface area (Å²) < 4.78 is 24.6. The van der Waals surface area contributed by atoms with Crippen molar-refractivity contribution in [3.8, 4) is 17.1 Å². The van der Waals surface area contributed by atoms with Crippen LogP contribution in [0.4, 0.5) is 4.39 Å². The number of nitrogens with one attached hydrogen (secondary N) is 2. The molecule has 32 heavy (non-hydrogen) atoms. The Morgan fingerprint density at radius 3 is 2.66 bits per heavy atom. The Hall–Kier alpha value is -3.46. The molecule has 2 heterocycles. The molecule has 0 aliphatic carbocycles. The summed E-state index contributed by atoms with van der Waals surface area (Å²) in [5, 5.41) is 10.6. The van der Waals surface area contributed by atoms with E-state index in [1.807, 2.05) is 31.2 Å². The van der Waals surface area contributed by atoms with Crippen LogP contribution >= 0.6 is 0 Å². The van der Waals surface area contributed by atoms with Crippen molar-refractivity contribution in [3.63, 3.8) is 0 Å². The number of H-pyrrole nitrogens is 1. The standard InChI is InChI=1S/C23H27FN6O2/c1-15-13-30(14-20(32-15)16-4-8-18(24)9-5-16)23(25-2)26-12-21-27-22(29-28-21)17-6-10-19(31-3)11-7-17/h4-11,15,20H,12-14H2,1-3H3,(H,25,26)(H,27,28,29). The average molecular weight is 439 g/mol. The van der Waals surface area contributed by atoms with E-state index in [9.17, 15) is 4.39 Å². The average Bonchev–Trinajstić information content (AvgIpc) is 3.29. The lowest BCUT2D eigenvalue weighted by atomic mass is 10.1. The Labute approximate surface area is 186 Å². The summed E-state index contributed by atoms with van der Waals surface area (Å²) in [6.45, 7) is 3.78. The molecule has 4 rings (SSSR count). The van der Waals surface area contributed by atoms with Gasteiger partial charge < -0.3 is 19.7 Å². The van der Waals surface area contributed by atoms with E-state index >= 15 is 0 Å². The van der Waals surface area contributed by atoms with E-state index in [0.29, 0.717) is 31.3 Å². The molecule has 1 aromatic heterocycles. The fraction of sp³-hybridized carbons (Fsp3) is 0.348. The van der Waals surface area contributed by atoms with Crippen LogP contribution in [0.2, 0.25) is 0 Å². The molecule has 1 saturated heterocycles. The molecule has 1 aliphatic heterocycles. The molecule has 2 atom stereocenters. The summed E-state index contributed by atoms with van der Waals surface area (Å²) in [6, 6.07) is 14.0. The first-order valence-electron chi connectivity index (χ1n) is 10.5. The summed E-state index contributed by atoms with van der Waals surface area (Å²) in [7, 11) is 3.38. The second kappa shape index (κ2) is 9.78. The van der Waals surface area contributed by atoms with Gasteiger partial charge in [-0.1, -0.05) is 12.1 Å². The van der Waals surface area contributed by atoms with Gasteiger partial charge in [-0.05, 0) is 48.9 Å². The summed E-state index contributed by atoms with van der Waals surface area (Å²) in [5.41, 5.74) is 1.85. The van der Waals surface area contributed by atoms with E-state index in [2.05, 4.69) is 30.4 Å². The molecule has 9 heteroatoms. The van der Waals surface area contributed by atoms with Crippen LogP contribution in [0.15, 0.2) is 53.5 Å². The molecule has 2 unspecified atom stereocenters. The van der Waals surface area contributed by atoms with Crippen molar-refractivity contribution in [1.82, 2.24) is 25.4 Å². The molecular formula is C23H27FN6O2. The molecular weight excluding hydrogens is 411 g/mol. The summed E-state index contributed by atoms with van der Waals surface area (Å²) in [4.78, 5) is 11.1. The number of rotatable bonds is 5. The number of hydrogen-bond donors (Lipinski definition) is 2. The number of aromatic amines is 1. The van der Waals surface area contributed by atoms with Gasteiger partial charge in [-0.15, -0.1) is 0 Å². The fourth-order valence-corrected chi connectivity index (χ4v) is 3.72. The minimum absolute atomic E-state index is 0.00399. The highest BCUT2D eigenvalue weighted by Gasteiger charge is 2.28. The molecule has 0 bridgehead atoms. The van der Waals surface area contributed by atoms with Crippen molar-refractivity contribution in [1.29, 1.82) is 0 Å². The number of aliphatic imine (C=N–C) groups is 1. The normalized spacial score (nSPS) is 19.1. The lowest BCUT2D eigenvalue weighted by Gasteiger charge is -2.38. The van der Waals surface area contributed by atoms with Gasteiger partial charge in [0.05, 0.1) is 26.3 Å². The van der Waals surface area contributed by atoms with E-state index in [-0.39, 0.29) is 18.0 Å². The number of morpholine rings is 1. The Morgan fingerprint density at radius 1 is 1.22 bits per heavy atom. The van der Waals surface area contributed by atoms with E-state index in [0.717, 1.165) is 22.8 Å². The Bertz CT molecular complexity index is 1050. The molecule has 8 nitrogen and oxygen atoms in total. The summed E-state index contributed by atoms with van der Waals surface area (Å²) in [5.74, 6) is 2.60. The largest absolute Gasteiger partial charge is 0.497 e. The lowest BCUT2D eigenvalue weighted by molar-refractivity contribution is -0.0605. The predicted octanol–water partition coefficient (Wildman–Crippen LogP) is 3.16. The minimum Gasteiger partial charge on any atom is -0.497 e.